The highest BCUT2D eigenvalue weighted by Crippen LogP contribution is 2.65. The highest BCUT2D eigenvalue weighted by molar-refractivity contribution is 5.84. The third-order valence-electron chi connectivity index (χ3n) is 8.31. The molecule has 5 rings (SSSR count). The number of carbonyl (C=O) groups is 4. The van der Waals surface area contributed by atoms with Crippen LogP contribution < -0.4 is 9.47 Å². The molecule has 1 aromatic carbocycles. The van der Waals surface area contributed by atoms with Crippen LogP contribution in [0.5, 0.6) is 11.5 Å². The summed E-state index contributed by atoms with van der Waals surface area (Å²) in [5.41, 5.74) is -0.155. The van der Waals surface area contributed by atoms with Crippen molar-refractivity contribution in [3.8, 4) is 11.5 Å². The zero-order valence-electron chi connectivity index (χ0n) is 23.2. The molecule has 2 bridgehead atoms. The Balaban J connectivity index is 0.000000541. The van der Waals surface area contributed by atoms with E-state index < -0.39 is 65.8 Å². The van der Waals surface area contributed by atoms with Crippen LogP contribution in [0.2, 0.25) is 0 Å². The van der Waals surface area contributed by atoms with Gasteiger partial charge in [0.05, 0.1) is 24.5 Å². The van der Waals surface area contributed by atoms with Gasteiger partial charge in [0, 0.05) is 18.0 Å². The fraction of sp³-hybridized carbons (Fsp3) is 0.556. The number of aliphatic carboxylic acids is 2. The maximum absolute atomic E-state index is 12.7. The Morgan fingerprint density at radius 3 is 2.44 bits per heavy atom. The number of carboxylic acid groups (broad SMARTS) is 2. The summed E-state index contributed by atoms with van der Waals surface area (Å²) < 4.78 is 53.9. The van der Waals surface area contributed by atoms with Crippen molar-refractivity contribution in [2.24, 2.45) is 0 Å². The fourth-order valence-corrected chi connectivity index (χ4v) is 6.31. The van der Waals surface area contributed by atoms with E-state index >= 15 is 0 Å². The van der Waals surface area contributed by atoms with Crippen LogP contribution >= 0.6 is 0 Å². The topological polar surface area (TPSA) is 189 Å². The van der Waals surface area contributed by atoms with Crippen molar-refractivity contribution >= 4 is 23.9 Å². The third-order valence-corrected chi connectivity index (χ3v) is 8.31. The van der Waals surface area contributed by atoms with Crippen LogP contribution in [0.3, 0.4) is 0 Å². The summed E-state index contributed by atoms with van der Waals surface area (Å²) >= 11 is 0. The van der Waals surface area contributed by atoms with Crippen molar-refractivity contribution in [2.45, 2.75) is 74.2 Å². The Kier molecular flexibility index (Phi) is 8.43. The molecule has 6 atom stereocenters. The number of hydrogen-bond donors (Lipinski definition) is 4. The van der Waals surface area contributed by atoms with Gasteiger partial charge in [-0.1, -0.05) is 6.07 Å². The zero-order chi connectivity index (χ0) is 32.1. The molecule has 0 aromatic heterocycles. The maximum atomic E-state index is 12.7. The molecule has 13 nitrogen and oxygen atoms in total. The van der Waals surface area contributed by atoms with E-state index in [4.69, 9.17) is 29.2 Å². The molecule has 1 fully saturated rings. The standard InChI is InChI=1S/C25H29NO10.C2HF3O2/c1-12(22(29)30)34-18(28)11-14(27)23(31)35-16-6-7-25(32)17-10-13-4-5-15(33-3)20-19(13)24(25,21(16)36-20)8-9-26(17)2;3-2(4,5)1(6)7/h4-6,12,14,17,21,27,32H,7-11H2,1-3H3,(H,29,30);(H,6,7)/t12-,14-,17+,21-,24-,25+;/m0./s1. The second-order valence-electron chi connectivity index (χ2n) is 10.7. The van der Waals surface area contributed by atoms with Crippen molar-refractivity contribution in [2.75, 3.05) is 20.7 Å². The predicted molar refractivity (Wildman–Crippen MR) is 135 cm³/mol. The van der Waals surface area contributed by atoms with Crippen molar-refractivity contribution < 1.29 is 71.7 Å². The number of esters is 2. The van der Waals surface area contributed by atoms with Crippen LogP contribution in [0, 0.1) is 0 Å². The first kappa shape index (κ1) is 32.0. The largest absolute Gasteiger partial charge is 0.493 e. The van der Waals surface area contributed by atoms with Gasteiger partial charge < -0.3 is 44.3 Å². The number of alkyl halides is 3. The van der Waals surface area contributed by atoms with Crippen LogP contribution in [-0.2, 0) is 40.5 Å². The number of likely N-dealkylation sites (tertiary alicyclic amines) is 1. The Bertz CT molecular complexity index is 1360. The van der Waals surface area contributed by atoms with Crippen molar-refractivity contribution in [1.29, 1.82) is 0 Å². The normalized spacial score (nSPS) is 28.0. The molecular weight excluding hydrogens is 587 g/mol. The summed E-state index contributed by atoms with van der Waals surface area (Å²) in [6.07, 6.45) is -6.99. The lowest BCUT2D eigenvalue weighted by atomic mass is 9.50. The van der Waals surface area contributed by atoms with Gasteiger partial charge >= 0.3 is 30.1 Å². The molecule has 2 aliphatic carbocycles. The number of likely N-dealkylation sites (N-methyl/N-ethyl adjacent to an activating group) is 1. The Morgan fingerprint density at radius 1 is 1.21 bits per heavy atom. The molecule has 1 saturated heterocycles. The SMILES string of the molecule is COc1ccc2c3c1O[C@H]1C(OC(=O)[C@@H](O)CC(=O)O[C@@H](C)C(=O)O)=CC[C@@]4(O)[C@@H](C2)N(C)CC[C@]314.O=C(O)C(F)(F)F. The third kappa shape index (κ3) is 5.38. The lowest BCUT2D eigenvalue weighted by Crippen LogP contribution is -2.74. The summed E-state index contributed by atoms with van der Waals surface area (Å²) in [6, 6.07) is 3.63. The van der Waals surface area contributed by atoms with E-state index in [9.17, 15) is 37.8 Å². The van der Waals surface area contributed by atoms with Gasteiger partial charge in [-0.3, -0.25) is 4.79 Å². The van der Waals surface area contributed by atoms with Crippen LogP contribution in [-0.4, -0.2) is 106 Å². The first-order valence-corrected chi connectivity index (χ1v) is 13.1. The van der Waals surface area contributed by atoms with Gasteiger partial charge in [-0.2, -0.15) is 13.2 Å². The Morgan fingerprint density at radius 2 is 1.86 bits per heavy atom. The molecule has 4 aliphatic rings. The highest BCUT2D eigenvalue weighted by atomic mass is 19.4. The Labute approximate surface area is 242 Å². The molecule has 1 spiro atoms. The highest BCUT2D eigenvalue weighted by Gasteiger charge is 2.72. The smallest absolute Gasteiger partial charge is 0.490 e. The molecule has 0 radical (unpaired) electrons. The molecular formula is C27H30F3NO12. The van der Waals surface area contributed by atoms with Crippen molar-refractivity contribution in [3.63, 3.8) is 0 Å². The minimum atomic E-state index is -5.08. The van der Waals surface area contributed by atoms with E-state index in [1.165, 1.54) is 7.11 Å². The van der Waals surface area contributed by atoms with Crippen molar-refractivity contribution in [1.82, 2.24) is 4.90 Å². The number of benzene rings is 1. The molecule has 0 unspecified atom stereocenters. The number of piperidine rings is 1. The predicted octanol–water partition coefficient (Wildman–Crippen LogP) is 0.917. The monoisotopic (exact) mass is 617 g/mol. The quantitative estimate of drug-likeness (QED) is 0.317. The molecule has 0 saturated carbocycles. The number of carbonyl (C=O) groups excluding carboxylic acids is 2. The molecule has 2 aliphatic heterocycles. The number of methoxy groups -OCH3 is 1. The van der Waals surface area contributed by atoms with E-state index in [0.29, 0.717) is 30.9 Å². The lowest BCUT2D eigenvalue weighted by molar-refractivity contribution is -0.192. The molecule has 16 heteroatoms. The maximum Gasteiger partial charge on any atom is 0.490 e. The average molecular weight is 618 g/mol. The van der Waals surface area contributed by atoms with E-state index in [0.717, 1.165) is 18.1 Å². The van der Waals surface area contributed by atoms with Gasteiger partial charge in [0.1, 0.15) is 5.76 Å². The summed E-state index contributed by atoms with van der Waals surface area (Å²) in [5, 5.41) is 38.4. The molecule has 0 amide bonds. The number of ether oxygens (including phenoxy) is 4. The molecule has 43 heavy (non-hydrogen) atoms. The summed E-state index contributed by atoms with van der Waals surface area (Å²) in [7, 11) is 3.51. The molecule has 236 valence electrons. The van der Waals surface area contributed by atoms with Crippen LogP contribution in [0.4, 0.5) is 13.2 Å². The second kappa shape index (κ2) is 11.3. The van der Waals surface area contributed by atoms with E-state index in [2.05, 4.69) is 9.64 Å². The van der Waals surface area contributed by atoms with Gasteiger partial charge in [-0.25, -0.2) is 14.4 Å². The van der Waals surface area contributed by atoms with Gasteiger partial charge in [-0.15, -0.1) is 0 Å². The fourth-order valence-electron chi connectivity index (χ4n) is 6.31. The van der Waals surface area contributed by atoms with E-state index in [-0.39, 0.29) is 18.2 Å². The number of aliphatic hydroxyl groups is 2. The lowest BCUT2D eigenvalue weighted by Gasteiger charge is -2.61. The second-order valence-corrected chi connectivity index (χ2v) is 10.7. The van der Waals surface area contributed by atoms with Gasteiger partial charge in [0.15, 0.2) is 29.8 Å². The number of rotatable bonds is 7. The van der Waals surface area contributed by atoms with Crippen LogP contribution in [0.1, 0.15) is 37.3 Å². The molecule has 4 N–H and O–H groups in total. The minimum Gasteiger partial charge on any atom is -0.493 e. The first-order chi connectivity index (χ1) is 20.0. The number of nitrogens with zero attached hydrogens (tertiary/aromatic N) is 1. The van der Waals surface area contributed by atoms with Crippen LogP contribution in [0.15, 0.2) is 24.0 Å². The summed E-state index contributed by atoms with van der Waals surface area (Å²) in [4.78, 5) is 46.6. The average Bonchev–Trinajstić information content (AvgIpc) is 3.27. The molecule has 2 heterocycles. The molecule has 1 aromatic rings. The Hall–Kier alpha value is -3.89. The van der Waals surface area contributed by atoms with Crippen molar-refractivity contribution in [3.05, 3.63) is 35.1 Å². The van der Waals surface area contributed by atoms with Gasteiger partial charge in [0.2, 0.25) is 0 Å². The number of carboxylic acids is 2. The van der Waals surface area contributed by atoms with E-state index in [1.54, 1.807) is 6.08 Å². The number of halogens is 3. The van der Waals surface area contributed by atoms with Gasteiger partial charge in [0.25, 0.3) is 0 Å². The zero-order valence-corrected chi connectivity index (χ0v) is 23.2. The number of hydrogen-bond acceptors (Lipinski definition) is 11. The van der Waals surface area contributed by atoms with Gasteiger partial charge in [-0.05, 0) is 51.1 Å². The summed E-state index contributed by atoms with van der Waals surface area (Å²) in [5.74, 6) is -5.09. The van der Waals surface area contributed by atoms with Crippen LogP contribution in [0.25, 0.3) is 0 Å². The van der Waals surface area contributed by atoms with E-state index in [1.807, 2.05) is 19.2 Å². The number of aliphatic hydroxyl groups excluding tert-OH is 1. The minimum absolute atomic E-state index is 0.144. The summed E-state index contributed by atoms with van der Waals surface area (Å²) in [6.45, 7) is 1.86. The first-order valence-electron chi connectivity index (χ1n) is 13.1.